The van der Waals surface area contributed by atoms with E-state index in [0.29, 0.717) is 17.6 Å². The van der Waals surface area contributed by atoms with Crippen LogP contribution in [0.3, 0.4) is 0 Å². The van der Waals surface area contributed by atoms with E-state index >= 15 is 0 Å². The first-order valence-electron chi connectivity index (χ1n) is 5.08. The lowest BCUT2D eigenvalue weighted by molar-refractivity contribution is -0.120. The molecule has 0 aromatic rings. The summed E-state index contributed by atoms with van der Waals surface area (Å²) in [5.74, 6) is 1.39. The average molecular weight is 185 g/mol. The van der Waals surface area contributed by atoms with Gasteiger partial charge in [-0.15, -0.1) is 0 Å². The Hall–Kier alpha value is -0.370. The largest absolute Gasteiger partial charge is 0.309 e. The van der Waals surface area contributed by atoms with Crippen molar-refractivity contribution < 1.29 is 4.79 Å². The first-order chi connectivity index (χ1) is 5.91. The van der Waals surface area contributed by atoms with E-state index < -0.39 is 0 Å². The molecule has 0 N–H and O–H groups in total. The first kappa shape index (κ1) is 12.6. The van der Waals surface area contributed by atoms with Crippen LogP contribution in [-0.2, 0) is 4.79 Å². The first-order valence-corrected chi connectivity index (χ1v) is 5.08. The van der Waals surface area contributed by atoms with Crippen molar-refractivity contribution in [3.8, 4) is 0 Å². The molecule has 13 heavy (non-hydrogen) atoms. The lowest BCUT2D eigenvalue weighted by Gasteiger charge is -2.16. The van der Waals surface area contributed by atoms with Gasteiger partial charge >= 0.3 is 0 Å². The summed E-state index contributed by atoms with van der Waals surface area (Å²) in [6, 6.07) is 0. The second-order valence-electron chi connectivity index (χ2n) is 4.71. The Morgan fingerprint density at radius 3 is 2.08 bits per heavy atom. The average Bonchev–Trinajstić information content (AvgIpc) is 1.80. The van der Waals surface area contributed by atoms with Crippen LogP contribution in [0.5, 0.6) is 0 Å². The summed E-state index contributed by atoms with van der Waals surface area (Å²) < 4.78 is 0. The Labute approximate surface area is 82.3 Å². The molecule has 78 valence electrons. The molecule has 0 spiro atoms. The van der Waals surface area contributed by atoms with E-state index in [1.165, 1.54) is 0 Å². The van der Waals surface area contributed by atoms with E-state index in [-0.39, 0.29) is 0 Å². The van der Waals surface area contributed by atoms with Crippen LogP contribution in [0.2, 0.25) is 0 Å². The van der Waals surface area contributed by atoms with Crippen molar-refractivity contribution in [1.29, 1.82) is 0 Å². The zero-order valence-electron chi connectivity index (χ0n) is 9.63. The van der Waals surface area contributed by atoms with Crippen LogP contribution >= 0.6 is 0 Å². The zero-order chi connectivity index (χ0) is 10.4. The number of carbonyl (C=O) groups excluding carboxylic acids is 1. The van der Waals surface area contributed by atoms with Crippen LogP contribution in [-0.4, -0.2) is 31.3 Å². The molecule has 0 aromatic heterocycles. The smallest absolute Gasteiger partial charge is 0.133 e. The zero-order valence-corrected chi connectivity index (χ0v) is 9.63. The third kappa shape index (κ3) is 7.97. The Bertz CT molecular complexity index is 152. The van der Waals surface area contributed by atoms with Gasteiger partial charge in [0.25, 0.3) is 0 Å². The summed E-state index contributed by atoms with van der Waals surface area (Å²) >= 11 is 0. The van der Waals surface area contributed by atoms with Crippen LogP contribution in [0.1, 0.15) is 33.6 Å². The molecular weight excluding hydrogens is 162 g/mol. The van der Waals surface area contributed by atoms with Gasteiger partial charge in [-0.3, -0.25) is 4.79 Å². The Kier molecular flexibility index (Phi) is 5.97. The van der Waals surface area contributed by atoms with Gasteiger partial charge < -0.3 is 4.90 Å². The molecular formula is C11H23NO. The van der Waals surface area contributed by atoms with Gasteiger partial charge in [0.2, 0.25) is 0 Å². The maximum absolute atomic E-state index is 11.4. The van der Waals surface area contributed by atoms with Gasteiger partial charge in [-0.2, -0.15) is 0 Å². The lowest BCUT2D eigenvalue weighted by Crippen LogP contribution is -2.22. The Morgan fingerprint density at radius 2 is 1.69 bits per heavy atom. The van der Waals surface area contributed by atoms with Crippen LogP contribution in [0.25, 0.3) is 0 Å². The minimum absolute atomic E-state index is 0.407. The van der Waals surface area contributed by atoms with Crippen molar-refractivity contribution in [2.75, 3.05) is 20.6 Å². The van der Waals surface area contributed by atoms with Crippen molar-refractivity contribution in [2.45, 2.75) is 33.6 Å². The number of nitrogens with zero attached hydrogens (tertiary/aromatic N) is 1. The molecule has 0 aromatic carbocycles. The van der Waals surface area contributed by atoms with Gasteiger partial charge in [0, 0.05) is 19.4 Å². The number of hydrogen-bond donors (Lipinski definition) is 0. The van der Waals surface area contributed by atoms with E-state index in [0.717, 1.165) is 19.4 Å². The second-order valence-corrected chi connectivity index (χ2v) is 4.71. The third-order valence-electron chi connectivity index (χ3n) is 1.89. The third-order valence-corrected chi connectivity index (χ3v) is 1.89. The summed E-state index contributed by atoms with van der Waals surface area (Å²) in [6.45, 7) is 7.32. The van der Waals surface area contributed by atoms with E-state index in [2.05, 4.69) is 25.7 Å². The predicted molar refractivity (Wildman–Crippen MR) is 56.8 cm³/mol. The van der Waals surface area contributed by atoms with Crippen molar-refractivity contribution in [3.05, 3.63) is 0 Å². The van der Waals surface area contributed by atoms with Crippen molar-refractivity contribution >= 4 is 5.78 Å². The minimum atomic E-state index is 0.407. The molecule has 0 amide bonds. The van der Waals surface area contributed by atoms with Crippen LogP contribution < -0.4 is 0 Å². The molecule has 0 saturated carbocycles. The fourth-order valence-electron chi connectivity index (χ4n) is 1.62. The summed E-state index contributed by atoms with van der Waals surface area (Å²) in [5.41, 5.74) is 0. The van der Waals surface area contributed by atoms with E-state index in [1.807, 2.05) is 14.1 Å². The van der Waals surface area contributed by atoms with E-state index in [9.17, 15) is 4.79 Å². The Morgan fingerprint density at radius 1 is 1.15 bits per heavy atom. The number of ketones is 1. The van der Waals surface area contributed by atoms with Crippen LogP contribution in [0.15, 0.2) is 0 Å². The van der Waals surface area contributed by atoms with Crippen molar-refractivity contribution in [3.63, 3.8) is 0 Å². The molecule has 2 heteroatoms. The quantitative estimate of drug-likeness (QED) is 0.632. The van der Waals surface area contributed by atoms with Gasteiger partial charge in [-0.05, 0) is 25.9 Å². The molecule has 1 atom stereocenters. The fourth-order valence-corrected chi connectivity index (χ4v) is 1.62. The van der Waals surface area contributed by atoms with Gasteiger partial charge in [-0.25, -0.2) is 0 Å². The molecule has 0 saturated heterocycles. The highest BCUT2D eigenvalue weighted by Gasteiger charge is 2.10. The number of rotatable bonds is 6. The van der Waals surface area contributed by atoms with Crippen LogP contribution in [0, 0.1) is 11.8 Å². The van der Waals surface area contributed by atoms with Gasteiger partial charge in [0.05, 0.1) is 0 Å². The monoisotopic (exact) mass is 185 g/mol. The maximum Gasteiger partial charge on any atom is 0.133 e. The number of carbonyl (C=O) groups is 1. The summed E-state index contributed by atoms with van der Waals surface area (Å²) in [5, 5.41) is 0. The number of Topliss-reactive ketones (excluding diaryl/α,β-unsaturated/α-hetero) is 1. The summed E-state index contributed by atoms with van der Waals surface area (Å²) in [7, 11) is 4.09. The van der Waals surface area contributed by atoms with E-state index in [4.69, 9.17) is 0 Å². The highest BCUT2D eigenvalue weighted by Crippen LogP contribution is 2.09. The lowest BCUT2D eigenvalue weighted by atomic mass is 9.98. The molecule has 0 radical (unpaired) electrons. The standard InChI is InChI=1S/C11H23NO/c1-9(2)6-11(13)7-10(3)8-12(4)5/h9-10H,6-8H2,1-5H3. The molecule has 0 aliphatic carbocycles. The van der Waals surface area contributed by atoms with E-state index in [1.54, 1.807) is 0 Å². The van der Waals surface area contributed by atoms with Gasteiger partial charge in [0.15, 0.2) is 0 Å². The molecule has 0 aliphatic rings. The highest BCUT2D eigenvalue weighted by molar-refractivity contribution is 5.78. The molecule has 0 fully saturated rings. The second kappa shape index (κ2) is 6.14. The highest BCUT2D eigenvalue weighted by atomic mass is 16.1. The van der Waals surface area contributed by atoms with Crippen molar-refractivity contribution in [2.24, 2.45) is 11.8 Å². The molecule has 0 bridgehead atoms. The topological polar surface area (TPSA) is 20.3 Å². The van der Waals surface area contributed by atoms with Gasteiger partial charge in [-0.1, -0.05) is 20.8 Å². The minimum Gasteiger partial charge on any atom is -0.309 e. The fraction of sp³-hybridized carbons (Fsp3) is 0.909. The van der Waals surface area contributed by atoms with Crippen molar-refractivity contribution in [1.82, 2.24) is 4.90 Å². The molecule has 2 nitrogen and oxygen atoms in total. The molecule has 0 rings (SSSR count). The van der Waals surface area contributed by atoms with Crippen LogP contribution in [0.4, 0.5) is 0 Å². The summed E-state index contributed by atoms with van der Waals surface area (Å²) in [6.07, 6.45) is 1.47. The SMILES string of the molecule is CC(C)CC(=O)CC(C)CN(C)C. The maximum atomic E-state index is 11.4. The number of hydrogen-bond acceptors (Lipinski definition) is 2. The molecule has 0 heterocycles. The molecule has 1 unspecified atom stereocenters. The predicted octanol–water partition coefficient (Wildman–Crippen LogP) is 2.19. The van der Waals surface area contributed by atoms with Gasteiger partial charge in [0.1, 0.15) is 5.78 Å². The molecule has 0 aliphatic heterocycles. The summed E-state index contributed by atoms with van der Waals surface area (Å²) in [4.78, 5) is 13.6. The Balaban J connectivity index is 3.65. The normalized spacial score (nSPS) is 13.8.